The Morgan fingerprint density at radius 3 is 2.38 bits per heavy atom. The molecule has 0 radical (unpaired) electrons. The highest BCUT2D eigenvalue weighted by Crippen LogP contribution is 2.36. The zero-order chi connectivity index (χ0) is 25.9. The molecule has 0 bridgehead atoms. The number of aromatic nitrogens is 3. The van der Waals surface area contributed by atoms with Gasteiger partial charge in [0.1, 0.15) is 11.5 Å². The van der Waals surface area contributed by atoms with Crippen molar-refractivity contribution in [2.75, 3.05) is 13.1 Å². The lowest BCUT2D eigenvalue weighted by Gasteiger charge is -2.20. The summed E-state index contributed by atoms with van der Waals surface area (Å²) >= 11 is 0. The van der Waals surface area contributed by atoms with Gasteiger partial charge in [0, 0.05) is 29.5 Å². The average molecular weight is 492 g/mol. The third-order valence-corrected chi connectivity index (χ3v) is 7.14. The van der Waals surface area contributed by atoms with Gasteiger partial charge in [-0.25, -0.2) is 9.97 Å². The molecule has 37 heavy (non-hydrogen) atoms. The number of benzene rings is 2. The van der Waals surface area contributed by atoms with Gasteiger partial charge in [0.2, 0.25) is 5.91 Å². The van der Waals surface area contributed by atoms with E-state index in [1.165, 1.54) is 0 Å². The predicted octanol–water partition coefficient (Wildman–Crippen LogP) is 5.34. The summed E-state index contributed by atoms with van der Waals surface area (Å²) in [5.74, 6) is 0.386. The van der Waals surface area contributed by atoms with Crippen LogP contribution in [-0.2, 0) is 5.41 Å². The van der Waals surface area contributed by atoms with Crippen molar-refractivity contribution >= 4 is 39.1 Å². The smallest absolute Gasteiger partial charge is 0.256 e. The molecule has 7 heteroatoms. The second kappa shape index (κ2) is 8.40. The average Bonchev–Trinajstić information content (AvgIpc) is 3.56. The molecule has 3 aromatic heterocycles. The maximum atomic E-state index is 13.9. The number of carbonyl (C=O) groups excluding carboxylic acids is 2. The van der Waals surface area contributed by atoms with Crippen molar-refractivity contribution in [2.45, 2.75) is 39.0 Å². The standard InChI is InChI=1S/C30H29N5O2/c1-30(2,3)29-33-25(23-14-13-19-20(27(31)36)10-8-11-22(19)32-23)26-21(28(37)34-15-6-7-16-34)17-18-9-4-5-12-24(18)35(26)29/h4-5,8-14,17H,6-7,15-16H2,1-3H3,(H2,31,36). The van der Waals surface area contributed by atoms with Gasteiger partial charge in [-0.05, 0) is 54.6 Å². The van der Waals surface area contributed by atoms with Gasteiger partial charge in [-0.2, -0.15) is 0 Å². The van der Waals surface area contributed by atoms with E-state index in [0.717, 1.165) is 48.2 Å². The third-order valence-electron chi connectivity index (χ3n) is 7.14. The molecule has 2 aromatic carbocycles. The Bertz CT molecular complexity index is 1720. The number of pyridine rings is 2. The third kappa shape index (κ3) is 3.73. The Labute approximate surface area is 214 Å². The quantitative estimate of drug-likeness (QED) is 0.369. The SMILES string of the molecule is CC(C)(C)c1nc(-c2ccc3c(C(N)=O)cccc3n2)c2c(C(=O)N3CCCC3)cc3ccccc3n12. The van der Waals surface area contributed by atoms with Gasteiger partial charge >= 0.3 is 0 Å². The maximum absolute atomic E-state index is 13.9. The molecule has 7 nitrogen and oxygen atoms in total. The number of fused-ring (bicyclic) bond motifs is 4. The molecule has 6 rings (SSSR count). The molecule has 0 atom stereocenters. The number of para-hydroxylation sites is 1. The molecule has 0 aliphatic carbocycles. The number of nitrogens with zero attached hydrogens (tertiary/aromatic N) is 4. The number of amides is 2. The zero-order valence-corrected chi connectivity index (χ0v) is 21.3. The molecule has 0 unspecified atom stereocenters. The normalized spacial score (nSPS) is 14.2. The van der Waals surface area contributed by atoms with Crippen LogP contribution in [-0.4, -0.2) is 44.2 Å². The minimum absolute atomic E-state index is 0.0201. The number of primary amides is 1. The molecule has 1 aliphatic rings. The van der Waals surface area contributed by atoms with Gasteiger partial charge in [-0.15, -0.1) is 0 Å². The van der Waals surface area contributed by atoms with E-state index in [1.54, 1.807) is 12.1 Å². The number of hydrogen-bond acceptors (Lipinski definition) is 4. The van der Waals surface area contributed by atoms with Crippen LogP contribution < -0.4 is 5.73 Å². The van der Waals surface area contributed by atoms with Gasteiger partial charge in [0.05, 0.1) is 27.8 Å². The van der Waals surface area contributed by atoms with E-state index in [4.69, 9.17) is 15.7 Å². The van der Waals surface area contributed by atoms with E-state index in [-0.39, 0.29) is 11.3 Å². The number of nitrogens with two attached hydrogens (primary N) is 1. The number of rotatable bonds is 3. The summed E-state index contributed by atoms with van der Waals surface area (Å²) in [5.41, 5.74) is 10.1. The van der Waals surface area contributed by atoms with Crippen LogP contribution in [0.25, 0.3) is 38.7 Å². The Kier molecular flexibility index (Phi) is 5.26. The number of likely N-dealkylation sites (tertiary alicyclic amines) is 1. The lowest BCUT2D eigenvalue weighted by Crippen LogP contribution is -2.28. The summed E-state index contributed by atoms with van der Waals surface area (Å²) in [6, 6.07) is 19.2. The highest BCUT2D eigenvalue weighted by atomic mass is 16.2. The molecule has 1 fully saturated rings. The van der Waals surface area contributed by atoms with Gasteiger partial charge in [0.25, 0.3) is 5.91 Å². The fourth-order valence-electron chi connectivity index (χ4n) is 5.38. The van der Waals surface area contributed by atoms with E-state index in [2.05, 4.69) is 31.2 Å². The van der Waals surface area contributed by atoms with Crippen LogP contribution in [0.2, 0.25) is 0 Å². The van der Waals surface area contributed by atoms with Crippen molar-refractivity contribution in [3.8, 4) is 11.4 Å². The van der Waals surface area contributed by atoms with Crippen molar-refractivity contribution in [1.82, 2.24) is 19.3 Å². The fourth-order valence-corrected chi connectivity index (χ4v) is 5.38. The summed E-state index contributed by atoms with van der Waals surface area (Å²) < 4.78 is 2.14. The number of hydrogen-bond donors (Lipinski definition) is 1. The van der Waals surface area contributed by atoms with E-state index >= 15 is 0 Å². The van der Waals surface area contributed by atoms with Crippen LogP contribution in [0.5, 0.6) is 0 Å². The molecule has 1 saturated heterocycles. The molecule has 0 spiro atoms. The van der Waals surface area contributed by atoms with Crippen molar-refractivity contribution in [3.63, 3.8) is 0 Å². The van der Waals surface area contributed by atoms with Crippen LogP contribution >= 0.6 is 0 Å². The molecule has 2 amide bonds. The molecular weight excluding hydrogens is 462 g/mol. The van der Waals surface area contributed by atoms with E-state index in [1.807, 2.05) is 47.4 Å². The van der Waals surface area contributed by atoms with Crippen LogP contribution in [0.15, 0.2) is 60.7 Å². The number of carbonyl (C=O) groups is 2. The van der Waals surface area contributed by atoms with Crippen molar-refractivity contribution in [1.29, 1.82) is 0 Å². The summed E-state index contributed by atoms with van der Waals surface area (Å²) in [7, 11) is 0. The minimum atomic E-state index is -0.493. The lowest BCUT2D eigenvalue weighted by molar-refractivity contribution is 0.0794. The minimum Gasteiger partial charge on any atom is -0.366 e. The van der Waals surface area contributed by atoms with E-state index in [0.29, 0.717) is 33.4 Å². The zero-order valence-electron chi connectivity index (χ0n) is 21.3. The summed E-state index contributed by atoms with van der Waals surface area (Å²) in [5, 5.41) is 1.68. The largest absolute Gasteiger partial charge is 0.366 e. The molecule has 2 N–H and O–H groups in total. The first-order valence-electron chi connectivity index (χ1n) is 12.7. The Hall–Kier alpha value is -4.26. The Balaban J connectivity index is 1.71. The molecule has 4 heterocycles. The first-order valence-corrected chi connectivity index (χ1v) is 12.7. The van der Waals surface area contributed by atoms with Gasteiger partial charge < -0.3 is 10.6 Å². The highest BCUT2D eigenvalue weighted by Gasteiger charge is 2.30. The molecule has 5 aromatic rings. The highest BCUT2D eigenvalue weighted by molar-refractivity contribution is 6.09. The molecular formula is C30H29N5O2. The Morgan fingerprint density at radius 1 is 0.892 bits per heavy atom. The second-order valence-corrected chi connectivity index (χ2v) is 10.8. The predicted molar refractivity (Wildman–Crippen MR) is 146 cm³/mol. The summed E-state index contributed by atoms with van der Waals surface area (Å²) in [4.78, 5) is 37.8. The van der Waals surface area contributed by atoms with E-state index < -0.39 is 5.91 Å². The summed E-state index contributed by atoms with van der Waals surface area (Å²) in [6.45, 7) is 7.90. The van der Waals surface area contributed by atoms with Crippen LogP contribution in [0.4, 0.5) is 0 Å². The van der Waals surface area contributed by atoms with Gasteiger partial charge in [-0.3, -0.25) is 14.0 Å². The first-order chi connectivity index (χ1) is 17.7. The molecule has 186 valence electrons. The van der Waals surface area contributed by atoms with Crippen molar-refractivity contribution in [2.24, 2.45) is 5.73 Å². The van der Waals surface area contributed by atoms with Gasteiger partial charge in [0.15, 0.2) is 0 Å². The van der Waals surface area contributed by atoms with Crippen LogP contribution in [0, 0.1) is 0 Å². The second-order valence-electron chi connectivity index (χ2n) is 10.8. The fraction of sp³-hybridized carbons (Fsp3) is 0.267. The van der Waals surface area contributed by atoms with Gasteiger partial charge in [-0.1, -0.05) is 45.0 Å². The first kappa shape index (κ1) is 23.2. The number of imidazole rings is 1. The van der Waals surface area contributed by atoms with E-state index in [9.17, 15) is 9.59 Å². The molecule has 0 saturated carbocycles. The van der Waals surface area contributed by atoms with Crippen LogP contribution in [0.3, 0.4) is 0 Å². The monoisotopic (exact) mass is 491 g/mol. The Morgan fingerprint density at radius 2 is 1.65 bits per heavy atom. The topological polar surface area (TPSA) is 93.6 Å². The maximum Gasteiger partial charge on any atom is 0.256 e. The molecule has 1 aliphatic heterocycles. The summed E-state index contributed by atoms with van der Waals surface area (Å²) in [6.07, 6.45) is 2.03. The van der Waals surface area contributed by atoms with Crippen molar-refractivity contribution in [3.05, 3.63) is 77.6 Å². The van der Waals surface area contributed by atoms with Crippen molar-refractivity contribution < 1.29 is 9.59 Å². The van der Waals surface area contributed by atoms with Crippen LogP contribution in [0.1, 0.15) is 60.2 Å². The lowest BCUT2D eigenvalue weighted by atomic mass is 9.95.